The Morgan fingerprint density at radius 1 is 1.45 bits per heavy atom. The number of nitro groups is 1. The van der Waals surface area contributed by atoms with Crippen LogP contribution in [0.1, 0.15) is 19.3 Å². The summed E-state index contributed by atoms with van der Waals surface area (Å²) in [6.45, 7) is 2.87. The zero-order valence-corrected chi connectivity index (χ0v) is 13.8. The molecule has 0 unspecified atom stereocenters. The molecule has 5 nitrogen and oxygen atoms in total. The van der Waals surface area contributed by atoms with Crippen LogP contribution >= 0.6 is 22.6 Å². The Kier molecular flexibility index (Phi) is 5.59. The molecule has 1 saturated heterocycles. The number of anilines is 1. The second kappa shape index (κ2) is 7.21. The first-order valence-electron chi connectivity index (χ1n) is 6.95. The maximum atomic E-state index is 11.2. The molecule has 1 aliphatic rings. The van der Waals surface area contributed by atoms with Gasteiger partial charge in [0.15, 0.2) is 0 Å². The molecule has 0 amide bonds. The number of nitrogens with one attached hydrogen (secondary N) is 1. The highest BCUT2D eigenvalue weighted by atomic mass is 127. The molecule has 1 N–H and O–H groups in total. The average Bonchev–Trinajstić information content (AvgIpc) is 2.45. The molecule has 110 valence electrons. The lowest BCUT2D eigenvalue weighted by atomic mass is 9.93. The van der Waals surface area contributed by atoms with Gasteiger partial charge in [-0.1, -0.05) is 0 Å². The summed E-state index contributed by atoms with van der Waals surface area (Å²) in [6, 6.07) is 5.48. The van der Waals surface area contributed by atoms with Crippen molar-refractivity contribution in [3.05, 3.63) is 31.9 Å². The first kappa shape index (κ1) is 15.5. The summed E-state index contributed by atoms with van der Waals surface area (Å²) in [5, 5.41) is 14.4. The molecule has 0 aliphatic carbocycles. The van der Waals surface area contributed by atoms with E-state index in [4.69, 9.17) is 0 Å². The predicted octanol–water partition coefficient (Wildman–Crippen LogP) is 3.03. The van der Waals surface area contributed by atoms with E-state index >= 15 is 0 Å². The minimum atomic E-state index is -0.273. The first-order chi connectivity index (χ1) is 9.61. The topological polar surface area (TPSA) is 58.4 Å². The monoisotopic (exact) mass is 389 g/mol. The number of nitrogens with zero attached hydrogens (tertiary/aromatic N) is 2. The lowest BCUT2D eigenvalue weighted by Gasteiger charge is -2.33. The molecule has 0 atom stereocenters. The first-order valence-corrected chi connectivity index (χ1v) is 8.03. The molecular weight excluding hydrogens is 369 g/mol. The number of benzene rings is 1. The van der Waals surface area contributed by atoms with Gasteiger partial charge in [-0.3, -0.25) is 10.1 Å². The Balaban J connectivity index is 2.05. The van der Waals surface area contributed by atoms with E-state index in [1.54, 1.807) is 6.07 Å². The van der Waals surface area contributed by atoms with Crippen LogP contribution in [0.5, 0.6) is 0 Å². The molecule has 2 rings (SSSR count). The van der Waals surface area contributed by atoms with E-state index in [-0.39, 0.29) is 10.6 Å². The summed E-state index contributed by atoms with van der Waals surface area (Å²) in [6.07, 6.45) is 3.43. The molecular formula is C14H20IN3O2. The van der Waals surface area contributed by atoms with Gasteiger partial charge >= 0.3 is 0 Å². The van der Waals surface area contributed by atoms with Crippen molar-refractivity contribution in [1.82, 2.24) is 5.32 Å². The molecule has 0 spiro atoms. The SMILES string of the molecule is CNCCC1CCN(c2ccc(I)cc2[N+](=O)[O-])CC1. The van der Waals surface area contributed by atoms with Crippen LogP contribution in [0.15, 0.2) is 18.2 Å². The molecule has 0 bridgehead atoms. The van der Waals surface area contributed by atoms with E-state index in [0.29, 0.717) is 0 Å². The lowest BCUT2D eigenvalue weighted by Crippen LogP contribution is -2.34. The Hall–Kier alpha value is -0.890. The highest BCUT2D eigenvalue weighted by molar-refractivity contribution is 14.1. The Morgan fingerprint density at radius 2 is 2.15 bits per heavy atom. The summed E-state index contributed by atoms with van der Waals surface area (Å²) in [5.74, 6) is 0.738. The molecule has 20 heavy (non-hydrogen) atoms. The van der Waals surface area contributed by atoms with Crippen LogP contribution in [0.4, 0.5) is 11.4 Å². The Bertz CT molecular complexity index is 473. The molecule has 1 heterocycles. The van der Waals surface area contributed by atoms with E-state index < -0.39 is 0 Å². The normalized spacial score (nSPS) is 16.4. The predicted molar refractivity (Wildman–Crippen MR) is 89.3 cm³/mol. The van der Waals surface area contributed by atoms with Crippen LogP contribution in [0.3, 0.4) is 0 Å². The molecule has 1 aromatic carbocycles. The van der Waals surface area contributed by atoms with Gasteiger partial charge in [-0.25, -0.2) is 0 Å². The highest BCUT2D eigenvalue weighted by Crippen LogP contribution is 2.33. The van der Waals surface area contributed by atoms with Gasteiger partial charge < -0.3 is 10.2 Å². The fourth-order valence-electron chi connectivity index (χ4n) is 2.72. The van der Waals surface area contributed by atoms with Crippen LogP contribution in [0.25, 0.3) is 0 Å². The Labute approximate surface area is 133 Å². The van der Waals surface area contributed by atoms with Gasteiger partial charge in [0.05, 0.1) is 4.92 Å². The third kappa shape index (κ3) is 3.82. The molecule has 1 aromatic rings. The Morgan fingerprint density at radius 3 is 2.75 bits per heavy atom. The summed E-state index contributed by atoms with van der Waals surface area (Å²) in [4.78, 5) is 13.1. The molecule has 6 heteroatoms. The van der Waals surface area contributed by atoms with Gasteiger partial charge in [0.1, 0.15) is 5.69 Å². The number of halogens is 1. The van der Waals surface area contributed by atoms with Gasteiger partial charge in [0.25, 0.3) is 5.69 Å². The number of nitro benzene ring substituents is 1. The zero-order valence-electron chi connectivity index (χ0n) is 11.6. The van der Waals surface area contributed by atoms with Crippen molar-refractivity contribution in [2.45, 2.75) is 19.3 Å². The summed E-state index contributed by atoms with van der Waals surface area (Å²) < 4.78 is 0.905. The summed E-state index contributed by atoms with van der Waals surface area (Å²) >= 11 is 2.11. The van der Waals surface area contributed by atoms with Crippen molar-refractivity contribution in [3.8, 4) is 0 Å². The van der Waals surface area contributed by atoms with Crippen LogP contribution in [0, 0.1) is 19.6 Å². The number of rotatable bonds is 5. The van der Waals surface area contributed by atoms with Gasteiger partial charge in [0, 0.05) is 22.7 Å². The lowest BCUT2D eigenvalue weighted by molar-refractivity contribution is -0.384. The minimum absolute atomic E-state index is 0.227. The van der Waals surface area contributed by atoms with E-state index in [9.17, 15) is 10.1 Å². The molecule has 1 aliphatic heterocycles. The van der Waals surface area contributed by atoms with Gasteiger partial charge in [-0.2, -0.15) is 0 Å². The van der Waals surface area contributed by atoms with Crippen molar-refractivity contribution in [3.63, 3.8) is 0 Å². The fourth-order valence-corrected chi connectivity index (χ4v) is 3.20. The van der Waals surface area contributed by atoms with E-state index in [1.807, 2.05) is 19.2 Å². The second-order valence-corrected chi connectivity index (χ2v) is 6.46. The van der Waals surface area contributed by atoms with Crippen LogP contribution in [0.2, 0.25) is 0 Å². The van der Waals surface area contributed by atoms with Crippen molar-refractivity contribution in [2.24, 2.45) is 5.92 Å². The zero-order chi connectivity index (χ0) is 14.5. The van der Waals surface area contributed by atoms with E-state index in [2.05, 4.69) is 32.8 Å². The summed E-state index contributed by atoms with van der Waals surface area (Å²) in [5.41, 5.74) is 0.994. The molecule has 1 fully saturated rings. The highest BCUT2D eigenvalue weighted by Gasteiger charge is 2.24. The van der Waals surface area contributed by atoms with E-state index in [1.165, 1.54) is 6.42 Å². The quantitative estimate of drug-likeness (QED) is 0.478. The van der Waals surface area contributed by atoms with Crippen molar-refractivity contribution in [1.29, 1.82) is 0 Å². The molecule has 0 aromatic heterocycles. The third-order valence-corrected chi connectivity index (χ3v) is 4.56. The van der Waals surface area contributed by atoms with Crippen LogP contribution in [-0.2, 0) is 0 Å². The third-order valence-electron chi connectivity index (χ3n) is 3.89. The van der Waals surface area contributed by atoms with E-state index in [0.717, 1.165) is 47.7 Å². The van der Waals surface area contributed by atoms with Gasteiger partial charge in [0.2, 0.25) is 0 Å². The van der Waals surface area contributed by atoms with Crippen molar-refractivity contribution < 1.29 is 4.92 Å². The standard InChI is InChI=1S/C14H20IN3O2/c1-16-7-4-11-5-8-17(9-6-11)13-3-2-12(15)10-14(13)18(19)20/h2-3,10-11,16H,4-9H2,1H3. The number of hydrogen-bond acceptors (Lipinski definition) is 4. The minimum Gasteiger partial charge on any atom is -0.366 e. The molecule has 0 saturated carbocycles. The fraction of sp³-hybridized carbons (Fsp3) is 0.571. The summed E-state index contributed by atoms with van der Waals surface area (Å²) in [7, 11) is 1.98. The largest absolute Gasteiger partial charge is 0.366 e. The maximum absolute atomic E-state index is 11.2. The second-order valence-electron chi connectivity index (χ2n) is 5.21. The van der Waals surface area contributed by atoms with Gasteiger partial charge in [-0.15, -0.1) is 0 Å². The van der Waals surface area contributed by atoms with Crippen molar-refractivity contribution in [2.75, 3.05) is 31.6 Å². The number of piperidine rings is 1. The smallest absolute Gasteiger partial charge is 0.293 e. The van der Waals surface area contributed by atoms with Gasteiger partial charge in [-0.05, 0) is 73.5 Å². The molecule has 0 radical (unpaired) electrons. The average molecular weight is 389 g/mol. The van der Waals surface area contributed by atoms with Crippen molar-refractivity contribution >= 4 is 34.0 Å². The number of hydrogen-bond donors (Lipinski definition) is 1. The van der Waals surface area contributed by atoms with Crippen LogP contribution in [-0.4, -0.2) is 31.6 Å². The maximum Gasteiger partial charge on any atom is 0.293 e. The van der Waals surface area contributed by atoms with Crippen LogP contribution < -0.4 is 10.2 Å².